The zero-order valence-electron chi connectivity index (χ0n) is 19.5. The summed E-state index contributed by atoms with van der Waals surface area (Å²) in [7, 11) is 0. The number of imidazole rings is 1. The van der Waals surface area contributed by atoms with Gasteiger partial charge in [-0.05, 0) is 65.6 Å². The monoisotopic (exact) mass is 445 g/mol. The second kappa shape index (κ2) is 8.14. The molecule has 0 saturated carbocycles. The van der Waals surface area contributed by atoms with E-state index in [9.17, 15) is 4.79 Å². The molecule has 0 bridgehead atoms. The molecule has 1 fully saturated rings. The second-order valence-electron chi connectivity index (χ2n) is 9.35. The lowest BCUT2D eigenvalue weighted by Gasteiger charge is -2.20. The summed E-state index contributed by atoms with van der Waals surface area (Å²) in [6.07, 6.45) is 0.481. The van der Waals surface area contributed by atoms with Crippen molar-refractivity contribution in [2.24, 2.45) is 0 Å². The third-order valence-electron chi connectivity index (χ3n) is 7.20. The molecule has 0 aliphatic carbocycles. The maximum Gasteiger partial charge on any atom is 0.227 e. The van der Waals surface area contributed by atoms with Crippen LogP contribution in [0.2, 0.25) is 0 Å². The highest BCUT2D eigenvalue weighted by atomic mass is 16.2. The summed E-state index contributed by atoms with van der Waals surface area (Å²) in [6.45, 7) is 5.58. The number of amides is 1. The van der Waals surface area contributed by atoms with Gasteiger partial charge in [0.25, 0.3) is 0 Å². The Labute approximate surface area is 199 Å². The maximum atomic E-state index is 13.1. The minimum Gasteiger partial charge on any atom is -0.323 e. The van der Waals surface area contributed by atoms with Gasteiger partial charge < -0.3 is 9.47 Å². The zero-order valence-corrected chi connectivity index (χ0v) is 19.5. The third kappa shape index (κ3) is 3.47. The van der Waals surface area contributed by atoms with Gasteiger partial charge in [-0.25, -0.2) is 4.98 Å². The smallest absolute Gasteiger partial charge is 0.227 e. The minimum atomic E-state index is 0.0558. The Morgan fingerprint density at radius 1 is 0.882 bits per heavy atom. The van der Waals surface area contributed by atoms with E-state index in [1.807, 2.05) is 17.0 Å². The van der Waals surface area contributed by atoms with E-state index in [0.717, 1.165) is 29.1 Å². The lowest BCUT2D eigenvalue weighted by atomic mass is 10.1. The molecule has 1 atom stereocenters. The Bertz CT molecular complexity index is 1550. The Morgan fingerprint density at radius 2 is 1.68 bits per heavy atom. The summed E-state index contributed by atoms with van der Waals surface area (Å²) in [5, 5.41) is 2.48. The topological polar surface area (TPSA) is 38.1 Å². The molecule has 0 N–H and O–H groups in total. The molecule has 1 aromatic heterocycles. The highest BCUT2D eigenvalue weighted by Crippen LogP contribution is 2.35. The van der Waals surface area contributed by atoms with Gasteiger partial charge in [0, 0.05) is 31.1 Å². The number of aryl methyl sites for hydroxylation is 1. The van der Waals surface area contributed by atoms with Crippen molar-refractivity contribution in [3.63, 3.8) is 0 Å². The van der Waals surface area contributed by atoms with E-state index < -0.39 is 0 Å². The number of rotatable bonds is 4. The van der Waals surface area contributed by atoms with Crippen molar-refractivity contribution in [3.8, 4) is 0 Å². The van der Waals surface area contributed by atoms with Crippen molar-refractivity contribution in [2.45, 2.75) is 32.7 Å². The van der Waals surface area contributed by atoms with Crippen LogP contribution in [0, 0.1) is 13.8 Å². The molecule has 1 aliphatic rings. The van der Waals surface area contributed by atoms with Crippen LogP contribution in [-0.2, 0) is 11.3 Å². The lowest BCUT2D eigenvalue weighted by Crippen LogP contribution is -2.25. The van der Waals surface area contributed by atoms with E-state index in [2.05, 4.69) is 91.2 Å². The van der Waals surface area contributed by atoms with E-state index >= 15 is 0 Å². The summed E-state index contributed by atoms with van der Waals surface area (Å²) in [6, 6.07) is 29.6. The third-order valence-corrected chi connectivity index (χ3v) is 7.20. The molecule has 1 amide bonds. The first-order valence-corrected chi connectivity index (χ1v) is 11.9. The summed E-state index contributed by atoms with van der Waals surface area (Å²) in [5.74, 6) is 1.22. The Kier molecular flexibility index (Phi) is 4.95. The predicted octanol–water partition coefficient (Wildman–Crippen LogP) is 6.38. The molecule has 2 heterocycles. The van der Waals surface area contributed by atoms with Crippen LogP contribution in [0.3, 0.4) is 0 Å². The van der Waals surface area contributed by atoms with Gasteiger partial charge in [-0.1, -0.05) is 60.7 Å². The molecule has 1 saturated heterocycles. The molecule has 0 radical (unpaired) electrons. The van der Waals surface area contributed by atoms with Crippen molar-refractivity contribution in [1.29, 1.82) is 0 Å². The van der Waals surface area contributed by atoms with Crippen LogP contribution in [0.5, 0.6) is 0 Å². The fourth-order valence-corrected chi connectivity index (χ4v) is 5.23. The fourth-order valence-electron chi connectivity index (χ4n) is 5.23. The standard InChI is InChI=1S/C30H27N3O/c1-20-8-7-13-27(21(20)2)32-19-25(17-29(32)34)30-31-26-11-5-6-12-28(26)33(30)18-22-14-15-23-9-3-4-10-24(23)16-22/h3-16,25H,17-19H2,1-2H3. The number of carbonyl (C=O) groups excluding carboxylic acids is 1. The van der Waals surface area contributed by atoms with Crippen LogP contribution in [0.25, 0.3) is 21.8 Å². The van der Waals surface area contributed by atoms with Crippen molar-refractivity contribution in [1.82, 2.24) is 9.55 Å². The molecule has 4 aromatic carbocycles. The quantitative estimate of drug-likeness (QED) is 0.322. The van der Waals surface area contributed by atoms with Gasteiger partial charge in [0.15, 0.2) is 0 Å². The normalized spacial score (nSPS) is 16.1. The molecule has 1 aliphatic heterocycles. The van der Waals surface area contributed by atoms with Crippen LogP contribution in [-0.4, -0.2) is 22.0 Å². The van der Waals surface area contributed by atoms with Gasteiger partial charge >= 0.3 is 0 Å². The Balaban J connectivity index is 1.40. The highest BCUT2D eigenvalue weighted by Gasteiger charge is 2.35. The van der Waals surface area contributed by atoms with Crippen molar-refractivity contribution >= 4 is 33.4 Å². The molecular weight excluding hydrogens is 418 g/mol. The van der Waals surface area contributed by atoms with Gasteiger partial charge in [-0.15, -0.1) is 0 Å². The number of para-hydroxylation sites is 2. The highest BCUT2D eigenvalue weighted by molar-refractivity contribution is 5.97. The van der Waals surface area contributed by atoms with E-state index in [1.54, 1.807) is 0 Å². The number of nitrogens with zero attached hydrogens (tertiary/aromatic N) is 3. The molecule has 5 aromatic rings. The van der Waals surface area contributed by atoms with Gasteiger partial charge in [-0.2, -0.15) is 0 Å². The number of hydrogen-bond acceptors (Lipinski definition) is 2. The molecule has 1 unspecified atom stereocenters. The van der Waals surface area contributed by atoms with Gasteiger partial charge in [-0.3, -0.25) is 4.79 Å². The largest absolute Gasteiger partial charge is 0.323 e. The molecule has 4 nitrogen and oxygen atoms in total. The van der Waals surface area contributed by atoms with Crippen molar-refractivity contribution in [2.75, 3.05) is 11.4 Å². The fraction of sp³-hybridized carbons (Fsp3) is 0.200. The van der Waals surface area contributed by atoms with Gasteiger partial charge in [0.1, 0.15) is 5.82 Å². The number of carbonyl (C=O) groups is 1. The van der Waals surface area contributed by atoms with E-state index in [1.165, 1.54) is 27.5 Å². The number of aromatic nitrogens is 2. The van der Waals surface area contributed by atoms with Crippen LogP contribution < -0.4 is 4.90 Å². The maximum absolute atomic E-state index is 13.1. The predicted molar refractivity (Wildman–Crippen MR) is 138 cm³/mol. The van der Waals surface area contributed by atoms with Crippen LogP contribution in [0.4, 0.5) is 5.69 Å². The van der Waals surface area contributed by atoms with Crippen LogP contribution >= 0.6 is 0 Å². The molecule has 4 heteroatoms. The summed E-state index contributed by atoms with van der Waals surface area (Å²) in [5.41, 5.74) is 6.72. The average molecular weight is 446 g/mol. The lowest BCUT2D eigenvalue weighted by molar-refractivity contribution is -0.117. The van der Waals surface area contributed by atoms with Crippen molar-refractivity contribution in [3.05, 3.63) is 107 Å². The Hall–Kier alpha value is -3.92. The second-order valence-corrected chi connectivity index (χ2v) is 9.35. The number of anilines is 1. The first kappa shape index (κ1) is 20.7. The zero-order chi connectivity index (χ0) is 23.2. The van der Waals surface area contributed by atoms with Crippen molar-refractivity contribution < 1.29 is 4.79 Å². The number of fused-ring (bicyclic) bond motifs is 2. The van der Waals surface area contributed by atoms with E-state index in [4.69, 9.17) is 4.98 Å². The molecular formula is C30H27N3O. The summed E-state index contributed by atoms with van der Waals surface area (Å²) in [4.78, 5) is 20.1. The summed E-state index contributed by atoms with van der Waals surface area (Å²) >= 11 is 0. The SMILES string of the molecule is Cc1cccc(N2CC(c3nc4ccccc4n3Cc3ccc4ccccc4c3)CC2=O)c1C. The first-order valence-electron chi connectivity index (χ1n) is 11.9. The van der Waals surface area contributed by atoms with E-state index in [0.29, 0.717) is 13.0 Å². The van der Waals surface area contributed by atoms with Gasteiger partial charge in [0.05, 0.1) is 11.0 Å². The minimum absolute atomic E-state index is 0.0558. The number of hydrogen-bond donors (Lipinski definition) is 0. The van der Waals surface area contributed by atoms with E-state index in [-0.39, 0.29) is 11.8 Å². The first-order chi connectivity index (χ1) is 16.6. The molecule has 168 valence electrons. The number of benzene rings is 4. The van der Waals surface area contributed by atoms with Crippen LogP contribution in [0.15, 0.2) is 84.9 Å². The van der Waals surface area contributed by atoms with Crippen LogP contribution in [0.1, 0.15) is 34.9 Å². The molecule has 34 heavy (non-hydrogen) atoms. The molecule has 0 spiro atoms. The molecule has 6 rings (SSSR count). The Morgan fingerprint density at radius 3 is 2.56 bits per heavy atom. The average Bonchev–Trinajstić information content (AvgIpc) is 3.41. The van der Waals surface area contributed by atoms with Gasteiger partial charge in [0.2, 0.25) is 5.91 Å². The summed E-state index contributed by atoms with van der Waals surface area (Å²) < 4.78 is 2.31.